The highest BCUT2D eigenvalue weighted by Crippen LogP contribution is 2.29. The molecule has 1 N–H and O–H groups in total. The second kappa shape index (κ2) is 13.7. The third-order valence-electron chi connectivity index (χ3n) is 5.31. The first-order chi connectivity index (χ1) is 17.1. The quantitative estimate of drug-likeness (QED) is 0.298. The van der Waals surface area contributed by atoms with Crippen molar-refractivity contribution in [2.75, 3.05) is 6.61 Å². The lowest BCUT2D eigenvalue weighted by Crippen LogP contribution is -2.39. The van der Waals surface area contributed by atoms with E-state index in [0.717, 1.165) is 40.0 Å². The van der Waals surface area contributed by atoms with Gasteiger partial charge in [0.15, 0.2) is 5.60 Å². The fourth-order valence-electron chi connectivity index (χ4n) is 2.80. The molecule has 0 unspecified atom stereocenters. The number of nitrogens with one attached hydrogen (secondary N) is 1. The summed E-state index contributed by atoms with van der Waals surface area (Å²) in [7, 11) is 0. The van der Waals surface area contributed by atoms with Crippen molar-refractivity contribution in [3.63, 3.8) is 0 Å². The molecule has 0 aromatic heterocycles. The van der Waals surface area contributed by atoms with Crippen LogP contribution in [0, 0.1) is 0 Å². The van der Waals surface area contributed by atoms with Crippen LogP contribution in [0.1, 0.15) is 65.2 Å². The maximum absolute atomic E-state index is 12.1. The smallest absolute Gasteiger partial charge is 0.416 e. The Morgan fingerprint density at radius 2 is 1.46 bits per heavy atom. The van der Waals surface area contributed by atoms with Crippen molar-refractivity contribution in [1.29, 1.82) is 0 Å². The number of carbonyl (C=O) groups is 2. The fraction of sp³-hybridized carbons (Fsp3) is 0.379. The van der Waals surface area contributed by atoms with Gasteiger partial charge < -0.3 is 14.8 Å². The first-order valence-corrected chi connectivity index (χ1v) is 11.8. The minimum Gasteiger partial charge on any atom is -0.476 e. The van der Waals surface area contributed by atoms with E-state index in [-0.39, 0.29) is 5.91 Å². The molecule has 0 radical (unpaired) electrons. The number of hydrogen-bond donors (Lipinski definition) is 1. The number of carbonyl (C=O) groups excluding carboxylic acids is 2. The van der Waals surface area contributed by atoms with E-state index in [9.17, 15) is 22.8 Å². The van der Waals surface area contributed by atoms with Crippen LogP contribution in [0.15, 0.2) is 66.3 Å². The van der Waals surface area contributed by atoms with Crippen LogP contribution in [0.4, 0.5) is 13.2 Å². The number of benzene rings is 2. The fourth-order valence-corrected chi connectivity index (χ4v) is 2.80. The Bertz CT molecular complexity index is 1100. The molecule has 0 aliphatic heterocycles. The predicted octanol–water partition coefficient (Wildman–Crippen LogP) is 7.12. The first kappa shape index (κ1) is 31.5. The van der Waals surface area contributed by atoms with Crippen molar-refractivity contribution >= 4 is 17.4 Å². The van der Waals surface area contributed by atoms with Crippen LogP contribution in [-0.4, -0.2) is 24.1 Å². The minimum atomic E-state index is -4.26. The van der Waals surface area contributed by atoms with E-state index in [1.807, 2.05) is 26.0 Å². The van der Waals surface area contributed by atoms with Crippen molar-refractivity contribution in [2.45, 2.75) is 66.8 Å². The molecule has 0 aliphatic carbocycles. The van der Waals surface area contributed by atoms with Crippen LogP contribution in [0.3, 0.4) is 0 Å². The van der Waals surface area contributed by atoms with E-state index in [2.05, 4.69) is 11.9 Å². The topological polar surface area (TPSA) is 64.6 Å². The normalized spacial score (nSPS) is 11.0. The number of esters is 1. The summed E-state index contributed by atoms with van der Waals surface area (Å²) >= 11 is 0. The van der Waals surface area contributed by atoms with Crippen molar-refractivity contribution in [3.8, 4) is 5.75 Å². The highest BCUT2D eigenvalue weighted by atomic mass is 19.4. The van der Waals surface area contributed by atoms with E-state index >= 15 is 0 Å². The lowest BCUT2D eigenvalue weighted by molar-refractivity contribution is -0.158. The minimum absolute atomic E-state index is 0.0706. The standard InChI is InChI=1S/C19H27NO4.C10H9F3/c1-7-23-18(22)19(5,6)24-16-10-8-15(9-11-16)12-20-17(21)14(4)13(2)3;1-7(2)8-3-5-9(6-4-8)10(11,12)13/h8-11H,7,12H2,1-6H3,(H,20,21);3-6H,1H2,2H3. The summed E-state index contributed by atoms with van der Waals surface area (Å²) in [6, 6.07) is 12.2. The summed E-state index contributed by atoms with van der Waals surface area (Å²) in [6.45, 7) is 16.9. The van der Waals surface area contributed by atoms with E-state index < -0.39 is 23.3 Å². The monoisotopic (exact) mass is 519 g/mol. The van der Waals surface area contributed by atoms with Crippen LogP contribution in [0.2, 0.25) is 0 Å². The van der Waals surface area contributed by atoms with Gasteiger partial charge in [-0.3, -0.25) is 4.79 Å². The van der Waals surface area contributed by atoms with Gasteiger partial charge in [-0.05, 0) is 83.9 Å². The molecule has 2 aromatic rings. The number of rotatable bonds is 8. The number of ether oxygens (including phenoxy) is 2. The third kappa shape index (κ3) is 10.5. The zero-order chi connectivity index (χ0) is 28.4. The van der Waals surface area contributed by atoms with Crippen molar-refractivity contribution in [3.05, 3.63) is 82.9 Å². The second-order valence-electron chi connectivity index (χ2n) is 9.14. The number of halogens is 3. The maximum Gasteiger partial charge on any atom is 0.416 e. The summed E-state index contributed by atoms with van der Waals surface area (Å²) in [5.41, 5.74) is 2.49. The van der Waals surface area contributed by atoms with E-state index in [0.29, 0.717) is 18.9 Å². The highest BCUT2D eigenvalue weighted by molar-refractivity contribution is 5.93. The van der Waals surface area contributed by atoms with Gasteiger partial charge in [0.2, 0.25) is 5.91 Å². The molecule has 5 nitrogen and oxygen atoms in total. The molecule has 8 heteroatoms. The maximum atomic E-state index is 12.1. The van der Waals surface area contributed by atoms with Crippen molar-refractivity contribution in [1.82, 2.24) is 5.32 Å². The molecule has 0 aliphatic rings. The number of allylic oxidation sites excluding steroid dienone is 2. The Kier molecular flexibility index (Phi) is 11.6. The zero-order valence-corrected chi connectivity index (χ0v) is 22.5. The lowest BCUT2D eigenvalue weighted by atomic mass is 10.1. The zero-order valence-electron chi connectivity index (χ0n) is 22.5. The van der Waals surface area contributed by atoms with Gasteiger partial charge in [-0.25, -0.2) is 4.79 Å². The highest BCUT2D eigenvalue weighted by Gasteiger charge is 2.31. The van der Waals surface area contributed by atoms with Gasteiger partial charge in [0.25, 0.3) is 0 Å². The van der Waals surface area contributed by atoms with Gasteiger partial charge in [-0.1, -0.05) is 42.0 Å². The molecular formula is C29H36F3NO4. The van der Waals surface area contributed by atoms with E-state index in [1.54, 1.807) is 46.8 Å². The van der Waals surface area contributed by atoms with Gasteiger partial charge in [-0.2, -0.15) is 13.2 Å². The summed E-state index contributed by atoms with van der Waals surface area (Å²) in [4.78, 5) is 23.7. The van der Waals surface area contributed by atoms with Crippen LogP contribution in [0.5, 0.6) is 5.75 Å². The van der Waals surface area contributed by atoms with E-state index in [4.69, 9.17) is 9.47 Å². The Morgan fingerprint density at radius 3 is 1.89 bits per heavy atom. The Hall–Kier alpha value is -3.55. The van der Waals surface area contributed by atoms with Crippen LogP contribution < -0.4 is 10.1 Å². The molecule has 202 valence electrons. The summed E-state index contributed by atoms with van der Waals surface area (Å²) in [5, 5.41) is 2.87. The lowest BCUT2D eigenvalue weighted by Gasteiger charge is -2.24. The Labute approximate surface area is 217 Å². The second-order valence-corrected chi connectivity index (χ2v) is 9.14. The van der Waals surface area contributed by atoms with E-state index in [1.165, 1.54) is 12.1 Å². The largest absolute Gasteiger partial charge is 0.476 e. The molecule has 0 spiro atoms. The molecular weight excluding hydrogens is 483 g/mol. The van der Waals surface area contributed by atoms with Gasteiger partial charge >= 0.3 is 12.1 Å². The Balaban J connectivity index is 0.000000442. The molecule has 0 saturated carbocycles. The molecule has 0 fully saturated rings. The molecule has 2 aromatic carbocycles. The molecule has 1 amide bonds. The van der Waals surface area contributed by atoms with Crippen molar-refractivity contribution in [2.24, 2.45) is 0 Å². The van der Waals surface area contributed by atoms with Crippen molar-refractivity contribution < 1.29 is 32.2 Å². The van der Waals surface area contributed by atoms with Gasteiger partial charge in [-0.15, -0.1) is 0 Å². The SMILES string of the molecule is C=C(C)c1ccc(C(F)(F)F)cc1.CCOC(=O)C(C)(C)Oc1ccc(CNC(=O)C(C)=C(C)C)cc1. The number of amides is 1. The van der Waals surface area contributed by atoms with Crippen LogP contribution >= 0.6 is 0 Å². The van der Waals surface area contributed by atoms with Gasteiger partial charge in [0.1, 0.15) is 5.75 Å². The summed E-state index contributed by atoms with van der Waals surface area (Å²) in [5.74, 6) is 0.0981. The average Bonchev–Trinajstić information content (AvgIpc) is 2.82. The van der Waals surface area contributed by atoms with Crippen LogP contribution in [0.25, 0.3) is 5.57 Å². The van der Waals surface area contributed by atoms with Crippen LogP contribution in [-0.2, 0) is 27.0 Å². The molecule has 2 rings (SSSR count). The Morgan fingerprint density at radius 1 is 0.919 bits per heavy atom. The molecule has 0 saturated heterocycles. The average molecular weight is 520 g/mol. The summed E-state index contributed by atoms with van der Waals surface area (Å²) < 4.78 is 47.0. The molecule has 0 heterocycles. The first-order valence-electron chi connectivity index (χ1n) is 11.8. The molecule has 0 atom stereocenters. The predicted molar refractivity (Wildman–Crippen MR) is 140 cm³/mol. The van der Waals surface area contributed by atoms with Gasteiger partial charge in [0.05, 0.1) is 12.2 Å². The number of hydrogen-bond acceptors (Lipinski definition) is 4. The summed E-state index contributed by atoms with van der Waals surface area (Å²) in [6.07, 6.45) is -4.26. The molecule has 0 bridgehead atoms. The van der Waals surface area contributed by atoms with Gasteiger partial charge in [0, 0.05) is 12.1 Å². The molecule has 37 heavy (non-hydrogen) atoms. The number of alkyl halides is 3. The third-order valence-corrected chi connectivity index (χ3v) is 5.31.